The molecule has 4 aliphatic carbocycles. The third-order valence-corrected chi connectivity index (χ3v) is 9.03. The number of aliphatic hydroxyl groups is 1. The van der Waals surface area contributed by atoms with Crippen LogP contribution in [0.1, 0.15) is 65.7 Å². The van der Waals surface area contributed by atoms with E-state index in [1.165, 1.54) is 12.0 Å². The molecule has 3 nitrogen and oxygen atoms in total. The molecule has 7 unspecified atom stereocenters. The molecular formula is C21H30O3. The number of aliphatic hydroxyl groups excluding tert-OH is 1. The summed E-state index contributed by atoms with van der Waals surface area (Å²) in [7, 11) is 0. The molecular weight excluding hydrogens is 300 g/mol. The topological polar surface area (TPSA) is 49.8 Å². The van der Waals surface area contributed by atoms with Crippen LogP contribution in [0, 0.1) is 28.6 Å². The number of epoxide rings is 1. The quantitative estimate of drug-likeness (QED) is 0.590. The summed E-state index contributed by atoms with van der Waals surface area (Å²) in [5, 5.41) is 10.1. The van der Waals surface area contributed by atoms with Gasteiger partial charge in [-0.2, -0.15) is 0 Å². The molecule has 5 rings (SSSR count). The van der Waals surface area contributed by atoms with Gasteiger partial charge in [-0.3, -0.25) is 4.79 Å². The lowest BCUT2D eigenvalue weighted by Crippen LogP contribution is -2.54. The fourth-order valence-corrected chi connectivity index (χ4v) is 7.71. The number of ketones is 1. The van der Waals surface area contributed by atoms with E-state index in [0.29, 0.717) is 11.8 Å². The van der Waals surface area contributed by atoms with E-state index >= 15 is 0 Å². The molecule has 3 saturated carbocycles. The van der Waals surface area contributed by atoms with Gasteiger partial charge >= 0.3 is 0 Å². The second kappa shape index (κ2) is 4.54. The van der Waals surface area contributed by atoms with Crippen molar-refractivity contribution in [3.8, 4) is 0 Å². The average Bonchev–Trinajstić information content (AvgIpc) is 3.21. The Kier molecular flexibility index (Phi) is 2.94. The van der Waals surface area contributed by atoms with Gasteiger partial charge in [0, 0.05) is 5.41 Å². The molecule has 132 valence electrons. The monoisotopic (exact) mass is 330 g/mol. The minimum Gasteiger partial charge on any atom is -0.393 e. The first-order chi connectivity index (χ1) is 11.3. The molecule has 0 aromatic heterocycles. The molecule has 0 bridgehead atoms. The molecule has 4 fully saturated rings. The Morgan fingerprint density at radius 3 is 2.79 bits per heavy atom. The summed E-state index contributed by atoms with van der Waals surface area (Å²) in [4.78, 5) is 12.4. The van der Waals surface area contributed by atoms with E-state index < -0.39 is 5.60 Å². The van der Waals surface area contributed by atoms with Gasteiger partial charge in [0.1, 0.15) is 0 Å². The van der Waals surface area contributed by atoms with Gasteiger partial charge in [-0.05, 0) is 75.0 Å². The second-order valence-corrected chi connectivity index (χ2v) is 9.75. The molecule has 1 saturated heterocycles. The summed E-state index contributed by atoms with van der Waals surface area (Å²) in [5.74, 6) is 2.31. The van der Waals surface area contributed by atoms with Crippen LogP contribution in [0.15, 0.2) is 11.6 Å². The first-order valence-corrected chi connectivity index (χ1v) is 9.89. The number of hydrogen-bond acceptors (Lipinski definition) is 3. The maximum atomic E-state index is 12.4. The Hall–Kier alpha value is -0.670. The van der Waals surface area contributed by atoms with Gasteiger partial charge in [0.15, 0.2) is 11.4 Å². The lowest BCUT2D eigenvalue weighted by Gasteiger charge is -2.58. The van der Waals surface area contributed by atoms with E-state index in [1.807, 2.05) is 0 Å². The minimum atomic E-state index is -0.448. The van der Waals surface area contributed by atoms with Crippen LogP contribution in [0.5, 0.6) is 0 Å². The van der Waals surface area contributed by atoms with Gasteiger partial charge in [-0.1, -0.05) is 25.5 Å². The van der Waals surface area contributed by atoms with E-state index in [1.54, 1.807) is 6.92 Å². The number of carbonyl (C=O) groups is 1. The Bertz CT molecular complexity index is 639. The summed E-state index contributed by atoms with van der Waals surface area (Å²) in [6, 6.07) is 0. The summed E-state index contributed by atoms with van der Waals surface area (Å²) < 4.78 is 6.00. The van der Waals surface area contributed by atoms with E-state index in [0.717, 1.165) is 44.4 Å². The Labute approximate surface area is 144 Å². The van der Waals surface area contributed by atoms with Crippen LogP contribution in [0.2, 0.25) is 0 Å². The molecule has 0 amide bonds. The average molecular weight is 330 g/mol. The highest BCUT2D eigenvalue weighted by molar-refractivity contribution is 5.90. The molecule has 1 N–H and O–H groups in total. The van der Waals surface area contributed by atoms with Crippen molar-refractivity contribution in [3.05, 3.63) is 11.6 Å². The zero-order chi connectivity index (χ0) is 16.9. The van der Waals surface area contributed by atoms with Gasteiger partial charge in [0.05, 0.1) is 12.2 Å². The standard InChI is InChI=1S/C21H30O3/c1-12(22)21-18(24-21)11-17-15-5-4-13-10-14(23)6-8-19(13,2)16(15)7-9-20(17,21)3/h4,14-18,23H,5-11H2,1-3H3/t14?,15?,16?,17?,18-,19?,20?,21?/m1/s1. The predicted octanol–water partition coefficient (Wildman–Crippen LogP) is 3.65. The minimum absolute atomic E-state index is 0.0422. The van der Waals surface area contributed by atoms with Crippen LogP contribution in [-0.2, 0) is 9.53 Å². The third-order valence-electron chi connectivity index (χ3n) is 9.03. The van der Waals surface area contributed by atoms with Crippen molar-refractivity contribution >= 4 is 5.78 Å². The zero-order valence-electron chi connectivity index (χ0n) is 15.2. The maximum absolute atomic E-state index is 12.4. The van der Waals surface area contributed by atoms with Crippen molar-refractivity contribution in [1.82, 2.24) is 0 Å². The van der Waals surface area contributed by atoms with E-state index in [-0.39, 0.29) is 28.8 Å². The van der Waals surface area contributed by atoms with Crippen molar-refractivity contribution in [1.29, 1.82) is 0 Å². The number of Topliss-reactive ketones (excluding diaryl/α,β-unsaturated/α-hetero) is 1. The smallest absolute Gasteiger partial charge is 0.164 e. The summed E-state index contributed by atoms with van der Waals surface area (Å²) in [6.07, 6.45) is 10.0. The van der Waals surface area contributed by atoms with Crippen LogP contribution in [-0.4, -0.2) is 28.7 Å². The highest BCUT2D eigenvalue weighted by Crippen LogP contribution is 2.73. The van der Waals surface area contributed by atoms with Crippen LogP contribution < -0.4 is 0 Å². The maximum Gasteiger partial charge on any atom is 0.164 e. The number of carbonyl (C=O) groups excluding carboxylic acids is 1. The predicted molar refractivity (Wildman–Crippen MR) is 91.4 cm³/mol. The van der Waals surface area contributed by atoms with E-state index in [2.05, 4.69) is 19.9 Å². The number of ether oxygens (including phenoxy) is 1. The highest BCUT2D eigenvalue weighted by Gasteiger charge is 2.79. The fourth-order valence-electron chi connectivity index (χ4n) is 7.71. The summed E-state index contributed by atoms with van der Waals surface area (Å²) in [5.41, 5.74) is 1.39. The summed E-state index contributed by atoms with van der Waals surface area (Å²) in [6.45, 7) is 6.54. The number of allylic oxidation sites excluding steroid dienone is 1. The molecule has 8 atom stereocenters. The van der Waals surface area contributed by atoms with Crippen LogP contribution >= 0.6 is 0 Å². The first kappa shape index (κ1) is 15.6. The number of fused-ring (bicyclic) bond motifs is 7. The lowest BCUT2D eigenvalue weighted by molar-refractivity contribution is -0.135. The van der Waals surface area contributed by atoms with Gasteiger partial charge in [-0.25, -0.2) is 0 Å². The fraction of sp³-hybridized carbons (Fsp3) is 0.857. The second-order valence-electron chi connectivity index (χ2n) is 9.75. The molecule has 0 radical (unpaired) electrons. The van der Waals surface area contributed by atoms with Crippen LogP contribution in [0.25, 0.3) is 0 Å². The van der Waals surface area contributed by atoms with E-state index in [4.69, 9.17) is 4.74 Å². The molecule has 1 aliphatic heterocycles. The Morgan fingerprint density at radius 2 is 2.04 bits per heavy atom. The SMILES string of the molecule is CC(=O)C12O[C@@H]1CC1C3CC=C4CC(O)CCC4(C)C3CCC12C. The molecule has 0 aromatic rings. The van der Waals surface area contributed by atoms with E-state index in [9.17, 15) is 9.90 Å². The number of hydrogen-bond donors (Lipinski definition) is 1. The van der Waals surface area contributed by atoms with Crippen LogP contribution in [0.4, 0.5) is 0 Å². The van der Waals surface area contributed by atoms with Crippen molar-refractivity contribution in [2.45, 2.75) is 83.5 Å². The van der Waals surface area contributed by atoms with Gasteiger partial charge < -0.3 is 9.84 Å². The normalized spacial score (nSPS) is 58.0. The largest absolute Gasteiger partial charge is 0.393 e. The van der Waals surface area contributed by atoms with Crippen molar-refractivity contribution in [2.75, 3.05) is 0 Å². The van der Waals surface area contributed by atoms with Crippen molar-refractivity contribution < 1.29 is 14.6 Å². The zero-order valence-corrected chi connectivity index (χ0v) is 15.2. The molecule has 3 heteroatoms. The molecule has 24 heavy (non-hydrogen) atoms. The van der Waals surface area contributed by atoms with Gasteiger partial charge in [0.25, 0.3) is 0 Å². The lowest BCUT2D eigenvalue weighted by atomic mass is 9.47. The van der Waals surface area contributed by atoms with Crippen molar-refractivity contribution in [3.63, 3.8) is 0 Å². The summed E-state index contributed by atoms with van der Waals surface area (Å²) >= 11 is 0. The molecule has 1 heterocycles. The Balaban J connectivity index is 1.51. The van der Waals surface area contributed by atoms with Crippen molar-refractivity contribution in [2.24, 2.45) is 28.6 Å². The van der Waals surface area contributed by atoms with Gasteiger partial charge in [-0.15, -0.1) is 0 Å². The molecule has 0 spiro atoms. The third kappa shape index (κ3) is 1.60. The van der Waals surface area contributed by atoms with Crippen LogP contribution in [0.3, 0.4) is 0 Å². The molecule has 0 aromatic carbocycles. The molecule has 5 aliphatic rings. The highest BCUT2D eigenvalue weighted by atomic mass is 16.6. The Morgan fingerprint density at radius 1 is 1.25 bits per heavy atom. The first-order valence-electron chi connectivity index (χ1n) is 9.89. The van der Waals surface area contributed by atoms with Gasteiger partial charge in [0.2, 0.25) is 0 Å². The number of rotatable bonds is 1.